The molecule has 1 unspecified atom stereocenters. The lowest BCUT2D eigenvalue weighted by atomic mass is 9.90. The Kier molecular flexibility index (Phi) is 3.75. The maximum absolute atomic E-state index is 12.4. The maximum Gasteiger partial charge on any atom is 0.311 e. The Balaban J connectivity index is 2.15. The van der Waals surface area contributed by atoms with Gasteiger partial charge in [0.15, 0.2) is 0 Å². The monoisotopic (exact) mass is 272 g/mol. The molecule has 0 bridgehead atoms. The van der Waals surface area contributed by atoms with E-state index in [-0.39, 0.29) is 18.9 Å². The molecule has 5 heteroatoms. The molecule has 0 saturated carbocycles. The topological polar surface area (TPSA) is 81.4 Å². The van der Waals surface area contributed by atoms with Crippen LogP contribution < -0.4 is 0 Å². The third-order valence-corrected chi connectivity index (χ3v) is 3.73. The van der Waals surface area contributed by atoms with Crippen molar-refractivity contribution in [1.82, 2.24) is 4.90 Å². The van der Waals surface area contributed by atoms with Gasteiger partial charge >= 0.3 is 5.97 Å². The third kappa shape index (κ3) is 2.64. The molecule has 1 heterocycles. The first-order valence-corrected chi connectivity index (χ1v) is 6.45. The van der Waals surface area contributed by atoms with Crippen molar-refractivity contribution >= 4 is 11.9 Å². The third-order valence-electron chi connectivity index (χ3n) is 3.73. The minimum Gasteiger partial charge on any atom is -0.481 e. The number of hydrogen-bond acceptors (Lipinski definition) is 3. The van der Waals surface area contributed by atoms with Gasteiger partial charge in [0.25, 0.3) is 5.91 Å². The molecule has 104 valence electrons. The molecule has 1 fully saturated rings. The summed E-state index contributed by atoms with van der Waals surface area (Å²) in [5.41, 5.74) is 0.436. The summed E-state index contributed by atoms with van der Waals surface area (Å²) >= 11 is 0. The van der Waals surface area contributed by atoms with Gasteiger partial charge in [-0.1, -0.05) is 12.1 Å². The molecule has 1 aliphatic heterocycles. The van der Waals surface area contributed by atoms with Crippen LogP contribution in [0.3, 0.4) is 0 Å². The average molecular weight is 272 g/mol. The summed E-state index contributed by atoms with van der Waals surface area (Å²) in [6.07, 6.45) is 0.722. The number of carboxylic acid groups (broad SMARTS) is 1. The van der Waals surface area contributed by atoms with E-state index in [1.807, 2.05) is 6.07 Å². The SMILES string of the molecule is CC1(C(=O)O)CCN(C(=O)c2cccc(CC#N)c2)C1. The number of likely N-dealkylation sites (tertiary alicyclic amines) is 1. The van der Waals surface area contributed by atoms with Gasteiger partial charge in [-0.25, -0.2) is 0 Å². The predicted octanol–water partition coefficient (Wildman–Crippen LogP) is 1.69. The van der Waals surface area contributed by atoms with E-state index in [1.54, 1.807) is 36.1 Å². The van der Waals surface area contributed by atoms with Crippen LogP contribution in [0, 0.1) is 16.7 Å². The molecular weight excluding hydrogens is 256 g/mol. The lowest BCUT2D eigenvalue weighted by Crippen LogP contribution is -2.34. The predicted molar refractivity (Wildman–Crippen MR) is 72.0 cm³/mol. The minimum atomic E-state index is -0.869. The van der Waals surface area contributed by atoms with Crippen LogP contribution in [-0.2, 0) is 11.2 Å². The van der Waals surface area contributed by atoms with Crippen LogP contribution >= 0.6 is 0 Å². The second kappa shape index (κ2) is 5.33. The smallest absolute Gasteiger partial charge is 0.311 e. The molecule has 1 aromatic rings. The molecule has 2 rings (SSSR count). The Labute approximate surface area is 117 Å². The van der Waals surface area contributed by atoms with Gasteiger partial charge in [0.05, 0.1) is 17.9 Å². The lowest BCUT2D eigenvalue weighted by Gasteiger charge is -2.20. The molecule has 1 atom stereocenters. The second-order valence-corrected chi connectivity index (χ2v) is 5.38. The number of benzene rings is 1. The number of rotatable bonds is 3. The molecular formula is C15H16N2O3. The molecule has 1 aliphatic rings. The summed E-state index contributed by atoms with van der Waals surface area (Å²) in [5, 5.41) is 17.9. The van der Waals surface area contributed by atoms with Gasteiger partial charge in [-0.05, 0) is 31.0 Å². The fraction of sp³-hybridized carbons (Fsp3) is 0.400. The molecule has 1 N–H and O–H groups in total. The molecule has 20 heavy (non-hydrogen) atoms. The van der Waals surface area contributed by atoms with Crippen molar-refractivity contribution in [3.8, 4) is 6.07 Å². The van der Waals surface area contributed by atoms with Crippen molar-refractivity contribution in [3.05, 3.63) is 35.4 Å². The summed E-state index contributed by atoms with van der Waals surface area (Å²) in [6, 6.07) is 8.97. The minimum absolute atomic E-state index is 0.172. The van der Waals surface area contributed by atoms with Crippen molar-refractivity contribution in [3.63, 3.8) is 0 Å². The van der Waals surface area contributed by atoms with Crippen molar-refractivity contribution < 1.29 is 14.7 Å². The van der Waals surface area contributed by atoms with Gasteiger partial charge in [-0.3, -0.25) is 9.59 Å². The molecule has 0 aliphatic carbocycles. The molecule has 1 saturated heterocycles. The van der Waals surface area contributed by atoms with Gasteiger partial charge in [0, 0.05) is 18.7 Å². The van der Waals surface area contributed by atoms with E-state index in [1.165, 1.54) is 0 Å². The van der Waals surface area contributed by atoms with Crippen LogP contribution in [0.5, 0.6) is 0 Å². The van der Waals surface area contributed by atoms with Gasteiger partial charge in [-0.15, -0.1) is 0 Å². The largest absolute Gasteiger partial charge is 0.481 e. The Hall–Kier alpha value is -2.35. The summed E-state index contributed by atoms with van der Waals surface area (Å²) in [7, 11) is 0. The first kappa shape index (κ1) is 14.1. The van der Waals surface area contributed by atoms with E-state index >= 15 is 0 Å². The summed E-state index contributed by atoms with van der Waals surface area (Å²) < 4.78 is 0. The zero-order valence-electron chi connectivity index (χ0n) is 11.3. The molecule has 0 radical (unpaired) electrons. The van der Waals surface area contributed by atoms with E-state index in [4.69, 9.17) is 5.26 Å². The van der Waals surface area contributed by atoms with Crippen molar-refractivity contribution in [1.29, 1.82) is 5.26 Å². The van der Waals surface area contributed by atoms with Gasteiger partial charge in [0.1, 0.15) is 0 Å². The summed E-state index contributed by atoms with van der Waals surface area (Å²) in [6.45, 7) is 2.34. The Bertz CT molecular complexity index is 591. The van der Waals surface area contributed by atoms with Gasteiger partial charge in [-0.2, -0.15) is 5.26 Å². The molecule has 1 amide bonds. The van der Waals surface area contributed by atoms with E-state index in [0.29, 0.717) is 18.5 Å². The van der Waals surface area contributed by atoms with Gasteiger partial charge in [0.2, 0.25) is 0 Å². The zero-order chi connectivity index (χ0) is 14.8. The number of hydrogen-bond donors (Lipinski definition) is 1. The average Bonchev–Trinajstić information content (AvgIpc) is 2.83. The number of amides is 1. The van der Waals surface area contributed by atoms with Crippen LogP contribution in [0.25, 0.3) is 0 Å². The Morgan fingerprint density at radius 2 is 2.25 bits per heavy atom. The van der Waals surface area contributed by atoms with E-state index in [9.17, 15) is 14.7 Å². The molecule has 0 spiro atoms. The van der Waals surface area contributed by atoms with Crippen LogP contribution in [-0.4, -0.2) is 35.0 Å². The standard InChI is InChI=1S/C15H16N2O3/c1-15(14(19)20)6-8-17(10-15)13(18)12-4-2-3-11(9-12)5-7-16/h2-4,9H,5-6,8,10H2,1H3,(H,19,20). The number of carboxylic acids is 1. The first-order chi connectivity index (χ1) is 9.46. The number of carbonyl (C=O) groups excluding carboxylic acids is 1. The fourth-order valence-corrected chi connectivity index (χ4v) is 2.40. The Morgan fingerprint density at radius 3 is 2.85 bits per heavy atom. The van der Waals surface area contributed by atoms with Crippen LogP contribution in [0.2, 0.25) is 0 Å². The quantitative estimate of drug-likeness (QED) is 0.907. The summed E-state index contributed by atoms with van der Waals surface area (Å²) in [5.74, 6) is -1.04. The van der Waals surface area contributed by atoms with Crippen LogP contribution in [0.1, 0.15) is 29.3 Å². The van der Waals surface area contributed by atoms with E-state index in [2.05, 4.69) is 0 Å². The Morgan fingerprint density at radius 1 is 1.50 bits per heavy atom. The number of aliphatic carboxylic acids is 1. The highest BCUT2D eigenvalue weighted by molar-refractivity contribution is 5.95. The van der Waals surface area contributed by atoms with Crippen LogP contribution in [0.15, 0.2) is 24.3 Å². The number of carbonyl (C=O) groups is 2. The highest BCUT2D eigenvalue weighted by Crippen LogP contribution is 2.31. The van der Waals surface area contributed by atoms with E-state index < -0.39 is 11.4 Å². The number of nitriles is 1. The van der Waals surface area contributed by atoms with Gasteiger partial charge < -0.3 is 10.0 Å². The second-order valence-electron chi connectivity index (χ2n) is 5.38. The fourth-order valence-electron chi connectivity index (χ4n) is 2.40. The van der Waals surface area contributed by atoms with E-state index in [0.717, 1.165) is 5.56 Å². The number of nitrogens with zero attached hydrogens (tertiary/aromatic N) is 2. The molecule has 5 nitrogen and oxygen atoms in total. The van der Waals surface area contributed by atoms with Crippen molar-refractivity contribution in [2.24, 2.45) is 5.41 Å². The molecule has 1 aromatic carbocycles. The maximum atomic E-state index is 12.4. The normalized spacial score (nSPS) is 21.5. The van der Waals surface area contributed by atoms with Crippen LogP contribution in [0.4, 0.5) is 0 Å². The lowest BCUT2D eigenvalue weighted by molar-refractivity contribution is -0.147. The highest BCUT2D eigenvalue weighted by atomic mass is 16.4. The van der Waals surface area contributed by atoms with Crippen molar-refractivity contribution in [2.45, 2.75) is 19.8 Å². The molecule has 0 aromatic heterocycles. The zero-order valence-corrected chi connectivity index (χ0v) is 11.3. The van der Waals surface area contributed by atoms with Crippen molar-refractivity contribution in [2.75, 3.05) is 13.1 Å². The highest BCUT2D eigenvalue weighted by Gasteiger charge is 2.42. The summed E-state index contributed by atoms with van der Waals surface area (Å²) in [4.78, 5) is 25.1. The first-order valence-electron chi connectivity index (χ1n) is 6.45.